The Morgan fingerprint density at radius 3 is 2.78 bits per heavy atom. The highest BCUT2D eigenvalue weighted by molar-refractivity contribution is 7.92. The first-order chi connectivity index (χ1) is 8.48. The lowest BCUT2D eigenvalue weighted by Gasteiger charge is -2.09. The number of hydrogen-bond acceptors (Lipinski definition) is 4. The Kier molecular flexibility index (Phi) is 5.52. The van der Waals surface area contributed by atoms with E-state index in [1.54, 1.807) is 0 Å². The van der Waals surface area contributed by atoms with E-state index >= 15 is 0 Å². The van der Waals surface area contributed by atoms with Gasteiger partial charge in [0.1, 0.15) is 5.82 Å². The lowest BCUT2D eigenvalue weighted by Crippen LogP contribution is -2.18. The van der Waals surface area contributed by atoms with Gasteiger partial charge in [-0.05, 0) is 24.6 Å². The molecule has 0 unspecified atom stereocenters. The molecule has 1 aromatic rings. The van der Waals surface area contributed by atoms with E-state index in [4.69, 9.17) is 10.5 Å². The minimum Gasteiger partial charge on any atom is -0.385 e. The quantitative estimate of drug-likeness (QED) is 0.730. The van der Waals surface area contributed by atoms with Crippen molar-refractivity contribution in [2.24, 2.45) is 5.73 Å². The average Bonchev–Trinajstić information content (AvgIpc) is 2.31. The number of halogens is 1. The molecule has 7 heteroatoms. The van der Waals surface area contributed by atoms with Crippen molar-refractivity contribution in [1.29, 1.82) is 0 Å². The Balaban J connectivity index is 2.72. The lowest BCUT2D eigenvalue weighted by molar-refractivity contribution is 0.199. The first kappa shape index (κ1) is 14.9. The molecule has 0 aliphatic rings. The summed E-state index contributed by atoms with van der Waals surface area (Å²) in [6.45, 7) is 0.392. The van der Waals surface area contributed by atoms with E-state index in [0.29, 0.717) is 18.7 Å². The van der Waals surface area contributed by atoms with Gasteiger partial charge < -0.3 is 10.5 Å². The first-order valence-corrected chi connectivity index (χ1v) is 7.11. The van der Waals surface area contributed by atoms with Gasteiger partial charge >= 0.3 is 0 Å². The molecular weight excluding hydrogens is 259 g/mol. The van der Waals surface area contributed by atoms with Crippen LogP contribution in [-0.4, -0.2) is 27.9 Å². The van der Waals surface area contributed by atoms with E-state index in [1.165, 1.54) is 25.3 Å². The van der Waals surface area contributed by atoms with Gasteiger partial charge in [0.15, 0.2) is 0 Å². The predicted molar refractivity (Wildman–Crippen MR) is 68.2 cm³/mol. The monoisotopic (exact) mass is 276 g/mol. The van der Waals surface area contributed by atoms with Crippen LogP contribution in [0.2, 0.25) is 0 Å². The number of rotatable bonds is 7. The van der Waals surface area contributed by atoms with Crippen LogP contribution in [0.1, 0.15) is 12.0 Å². The third kappa shape index (κ3) is 4.59. The highest BCUT2D eigenvalue weighted by Gasteiger charge is 2.11. The zero-order valence-electron chi connectivity index (χ0n) is 10.1. The largest absolute Gasteiger partial charge is 0.385 e. The highest BCUT2D eigenvalue weighted by Crippen LogP contribution is 2.15. The summed E-state index contributed by atoms with van der Waals surface area (Å²) in [6.07, 6.45) is 0.400. The van der Waals surface area contributed by atoms with Crippen LogP contribution >= 0.6 is 0 Å². The molecule has 0 bridgehead atoms. The maximum absolute atomic E-state index is 13.2. The molecule has 0 amide bonds. The number of hydrogen-bond donors (Lipinski definition) is 2. The smallest absolute Gasteiger partial charge is 0.232 e. The van der Waals surface area contributed by atoms with Gasteiger partial charge in [0.05, 0.1) is 5.75 Å². The molecule has 3 N–H and O–H groups in total. The zero-order valence-corrected chi connectivity index (χ0v) is 11.0. The maximum Gasteiger partial charge on any atom is 0.232 e. The molecule has 18 heavy (non-hydrogen) atoms. The molecule has 102 valence electrons. The van der Waals surface area contributed by atoms with Crippen LogP contribution in [-0.2, 0) is 21.3 Å². The van der Waals surface area contributed by atoms with Crippen molar-refractivity contribution < 1.29 is 17.5 Å². The lowest BCUT2D eigenvalue weighted by atomic mass is 10.2. The number of anilines is 1. The summed E-state index contributed by atoms with van der Waals surface area (Å²) >= 11 is 0. The van der Waals surface area contributed by atoms with Crippen molar-refractivity contribution >= 4 is 15.7 Å². The number of benzene rings is 1. The zero-order chi connectivity index (χ0) is 13.6. The summed E-state index contributed by atoms with van der Waals surface area (Å²) < 4.78 is 43.7. The Hall–Kier alpha value is -1.18. The molecule has 0 heterocycles. The predicted octanol–water partition coefficient (Wildman–Crippen LogP) is 1.06. The number of sulfonamides is 1. The molecule has 0 aliphatic carbocycles. The van der Waals surface area contributed by atoms with Crippen LogP contribution in [0.3, 0.4) is 0 Å². The van der Waals surface area contributed by atoms with Crippen LogP contribution < -0.4 is 10.5 Å². The van der Waals surface area contributed by atoms with E-state index in [-0.39, 0.29) is 17.9 Å². The molecule has 0 saturated carbocycles. The number of ether oxygens (including phenoxy) is 1. The van der Waals surface area contributed by atoms with E-state index in [9.17, 15) is 12.8 Å². The summed E-state index contributed by atoms with van der Waals surface area (Å²) in [7, 11) is -1.93. The molecule has 1 aromatic carbocycles. The average molecular weight is 276 g/mol. The van der Waals surface area contributed by atoms with Crippen LogP contribution in [0.5, 0.6) is 0 Å². The summed E-state index contributed by atoms with van der Waals surface area (Å²) in [5.74, 6) is -0.490. The fourth-order valence-electron chi connectivity index (χ4n) is 1.42. The van der Waals surface area contributed by atoms with Gasteiger partial charge in [-0.15, -0.1) is 0 Å². The number of methoxy groups -OCH3 is 1. The summed E-state index contributed by atoms with van der Waals surface area (Å²) in [4.78, 5) is 0. The Morgan fingerprint density at radius 1 is 1.44 bits per heavy atom. The van der Waals surface area contributed by atoms with E-state index in [1.807, 2.05) is 0 Å². The Labute approximate surface area is 106 Å². The number of nitrogens with two attached hydrogens (primary N) is 1. The SMILES string of the molecule is COCCCS(=O)(=O)Nc1ccc(F)c(CN)c1. The van der Waals surface area contributed by atoms with Crippen molar-refractivity contribution in [3.8, 4) is 0 Å². The van der Waals surface area contributed by atoms with Crippen molar-refractivity contribution in [3.63, 3.8) is 0 Å². The third-order valence-electron chi connectivity index (χ3n) is 2.30. The molecule has 0 fully saturated rings. The molecule has 5 nitrogen and oxygen atoms in total. The molecule has 0 saturated heterocycles. The standard InChI is InChI=1S/C11H17FN2O3S/c1-17-5-2-6-18(15,16)14-10-3-4-11(12)9(7-10)8-13/h3-4,7,14H,2,5-6,8,13H2,1H3. The van der Waals surface area contributed by atoms with Gasteiger partial charge in [0.2, 0.25) is 10.0 Å². The van der Waals surface area contributed by atoms with E-state index < -0.39 is 15.8 Å². The molecule has 0 aromatic heterocycles. The fraction of sp³-hybridized carbons (Fsp3) is 0.455. The fourth-order valence-corrected chi connectivity index (χ4v) is 2.50. The minimum atomic E-state index is -3.44. The summed E-state index contributed by atoms with van der Waals surface area (Å²) in [5.41, 5.74) is 5.93. The molecule has 0 atom stereocenters. The summed E-state index contributed by atoms with van der Waals surface area (Å²) in [6, 6.07) is 3.95. The van der Waals surface area contributed by atoms with Crippen LogP contribution in [0.4, 0.5) is 10.1 Å². The van der Waals surface area contributed by atoms with Crippen molar-refractivity contribution in [2.45, 2.75) is 13.0 Å². The van der Waals surface area contributed by atoms with Crippen molar-refractivity contribution in [2.75, 3.05) is 24.2 Å². The molecule has 0 aliphatic heterocycles. The van der Waals surface area contributed by atoms with E-state index in [0.717, 1.165) is 0 Å². The first-order valence-electron chi connectivity index (χ1n) is 5.46. The highest BCUT2D eigenvalue weighted by atomic mass is 32.2. The van der Waals surface area contributed by atoms with Crippen LogP contribution in [0.25, 0.3) is 0 Å². The van der Waals surface area contributed by atoms with Crippen molar-refractivity contribution in [1.82, 2.24) is 0 Å². The topological polar surface area (TPSA) is 81.4 Å². The van der Waals surface area contributed by atoms with Crippen LogP contribution in [0.15, 0.2) is 18.2 Å². The second kappa shape index (κ2) is 6.67. The molecule has 0 radical (unpaired) electrons. The van der Waals surface area contributed by atoms with Crippen LogP contribution in [0, 0.1) is 5.82 Å². The normalized spacial score (nSPS) is 11.5. The number of nitrogens with one attached hydrogen (secondary N) is 1. The molecule has 1 rings (SSSR count). The van der Waals surface area contributed by atoms with Gasteiger partial charge in [-0.2, -0.15) is 0 Å². The molecule has 0 spiro atoms. The van der Waals surface area contributed by atoms with Gasteiger partial charge in [-0.25, -0.2) is 12.8 Å². The van der Waals surface area contributed by atoms with Gasteiger partial charge in [-0.1, -0.05) is 0 Å². The van der Waals surface area contributed by atoms with Gasteiger partial charge in [0.25, 0.3) is 0 Å². The van der Waals surface area contributed by atoms with E-state index in [2.05, 4.69) is 4.72 Å². The van der Waals surface area contributed by atoms with Crippen molar-refractivity contribution in [3.05, 3.63) is 29.6 Å². The Morgan fingerprint density at radius 2 is 2.17 bits per heavy atom. The minimum absolute atomic E-state index is 0.0189. The second-order valence-corrected chi connectivity index (χ2v) is 5.62. The molecular formula is C11H17FN2O3S. The summed E-state index contributed by atoms with van der Waals surface area (Å²) in [5, 5.41) is 0. The Bertz CT molecular complexity index is 491. The van der Waals surface area contributed by atoms with Gasteiger partial charge in [0, 0.05) is 31.5 Å². The van der Waals surface area contributed by atoms with Gasteiger partial charge in [-0.3, -0.25) is 4.72 Å². The second-order valence-electron chi connectivity index (χ2n) is 3.78. The third-order valence-corrected chi connectivity index (χ3v) is 3.67. The maximum atomic E-state index is 13.2.